The molecule has 0 bridgehead atoms. The van der Waals surface area contributed by atoms with Crippen molar-refractivity contribution in [1.29, 1.82) is 0 Å². The zero-order valence-electron chi connectivity index (χ0n) is 10.9. The van der Waals surface area contributed by atoms with Gasteiger partial charge in [0.05, 0.1) is 11.5 Å². The summed E-state index contributed by atoms with van der Waals surface area (Å²) in [6.07, 6.45) is 2.95. The Balaban J connectivity index is 1.99. The van der Waals surface area contributed by atoms with Gasteiger partial charge in [-0.1, -0.05) is 0 Å². The van der Waals surface area contributed by atoms with Crippen molar-refractivity contribution in [3.63, 3.8) is 0 Å². The number of aliphatic hydroxyl groups excluding tert-OH is 1. The highest BCUT2D eigenvalue weighted by Gasteiger charge is 2.42. The van der Waals surface area contributed by atoms with Gasteiger partial charge < -0.3 is 9.84 Å². The summed E-state index contributed by atoms with van der Waals surface area (Å²) in [7, 11) is -1.87. The van der Waals surface area contributed by atoms with Gasteiger partial charge in [-0.3, -0.25) is 0 Å². The quantitative estimate of drug-likeness (QED) is 0.760. The lowest BCUT2D eigenvalue weighted by atomic mass is 10.0. The van der Waals surface area contributed by atoms with Crippen LogP contribution >= 0.6 is 11.3 Å². The predicted molar refractivity (Wildman–Crippen MR) is 73.6 cm³/mol. The summed E-state index contributed by atoms with van der Waals surface area (Å²) in [4.78, 5) is 0.678. The number of methoxy groups -OCH3 is 1. The molecule has 1 aliphatic carbocycles. The average Bonchev–Trinajstić information content (AvgIpc) is 2.99. The maximum absolute atomic E-state index is 12.2. The molecule has 0 spiro atoms. The van der Waals surface area contributed by atoms with Crippen molar-refractivity contribution in [3.05, 3.63) is 16.3 Å². The second-order valence-electron chi connectivity index (χ2n) is 4.93. The third kappa shape index (κ3) is 3.55. The van der Waals surface area contributed by atoms with E-state index in [1.165, 1.54) is 17.4 Å². The molecule has 0 aromatic carbocycles. The van der Waals surface area contributed by atoms with E-state index in [-0.39, 0.29) is 16.9 Å². The molecule has 2 rings (SSSR count). The molecule has 2 N–H and O–H groups in total. The zero-order valence-corrected chi connectivity index (χ0v) is 12.5. The van der Waals surface area contributed by atoms with E-state index >= 15 is 0 Å². The van der Waals surface area contributed by atoms with Crippen molar-refractivity contribution >= 4 is 21.4 Å². The van der Waals surface area contributed by atoms with E-state index in [4.69, 9.17) is 9.84 Å². The second-order valence-corrected chi connectivity index (χ2v) is 7.67. The minimum absolute atomic E-state index is 0.0679. The Morgan fingerprint density at radius 2 is 2.26 bits per heavy atom. The molecule has 19 heavy (non-hydrogen) atoms. The van der Waals surface area contributed by atoms with E-state index in [2.05, 4.69) is 4.72 Å². The molecule has 1 saturated carbocycles. The Morgan fingerprint density at radius 1 is 1.53 bits per heavy atom. The van der Waals surface area contributed by atoms with E-state index in [9.17, 15) is 8.42 Å². The number of sulfonamides is 1. The highest BCUT2D eigenvalue weighted by molar-refractivity contribution is 7.89. The van der Waals surface area contributed by atoms with Crippen LogP contribution in [-0.4, -0.2) is 33.8 Å². The highest BCUT2D eigenvalue weighted by atomic mass is 32.2. The molecule has 0 amide bonds. The number of nitrogens with one attached hydrogen (secondary N) is 1. The molecular formula is C12H19NO4S2. The van der Waals surface area contributed by atoms with Crippen molar-refractivity contribution in [1.82, 2.24) is 4.72 Å². The third-order valence-corrected chi connectivity index (χ3v) is 6.09. The summed E-state index contributed by atoms with van der Waals surface area (Å²) in [5, 5.41) is 10.8. The first-order chi connectivity index (χ1) is 9.03. The molecule has 5 nitrogen and oxygen atoms in total. The molecule has 1 heterocycles. The van der Waals surface area contributed by atoms with E-state index in [1.54, 1.807) is 12.5 Å². The van der Waals surface area contributed by atoms with E-state index in [1.807, 2.05) is 0 Å². The fourth-order valence-corrected chi connectivity index (χ4v) is 4.47. The second kappa shape index (κ2) is 5.88. The maximum Gasteiger partial charge on any atom is 0.241 e. The zero-order chi connectivity index (χ0) is 13.9. The van der Waals surface area contributed by atoms with Gasteiger partial charge in [0.2, 0.25) is 10.0 Å². The molecular weight excluding hydrogens is 286 g/mol. The standard InChI is InChI=1S/C12H19NO4S2/c1-17-6-5-12(3-4-12)9-13-19(15,16)11-2-7-18-10(11)8-14/h2,7,13-14H,3-6,8-9H2,1H3. The van der Waals surface area contributed by atoms with Crippen LogP contribution in [-0.2, 0) is 21.4 Å². The summed E-state index contributed by atoms with van der Waals surface area (Å²) in [6.45, 7) is 0.851. The number of hydrogen-bond donors (Lipinski definition) is 2. The van der Waals surface area contributed by atoms with Crippen LogP contribution in [0.3, 0.4) is 0 Å². The fraction of sp³-hybridized carbons (Fsp3) is 0.667. The van der Waals surface area contributed by atoms with Gasteiger partial charge in [-0.15, -0.1) is 11.3 Å². The first kappa shape index (κ1) is 14.9. The topological polar surface area (TPSA) is 75.6 Å². The van der Waals surface area contributed by atoms with Gasteiger partial charge in [0.15, 0.2) is 0 Å². The van der Waals surface area contributed by atoms with Crippen LogP contribution < -0.4 is 4.72 Å². The van der Waals surface area contributed by atoms with E-state index in [0.29, 0.717) is 18.0 Å². The smallest absolute Gasteiger partial charge is 0.241 e. The van der Waals surface area contributed by atoms with Crippen LogP contribution in [0.4, 0.5) is 0 Å². The normalized spacial score (nSPS) is 17.6. The van der Waals surface area contributed by atoms with Gasteiger partial charge >= 0.3 is 0 Å². The Kier molecular flexibility index (Phi) is 4.62. The molecule has 1 aliphatic rings. The molecule has 1 aromatic rings. The first-order valence-corrected chi connectivity index (χ1v) is 8.55. The summed E-state index contributed by atoms with van der Waals surface area (Å²) in [5.41, 5.74) is 0.0679. The van der Waals surface area contributed by atoms with Gasteiger partial charge in [-0.05, 0) is 36.1 Å². The number of ether oxygens (including phenoxy) is 1. The van der Waals surface area contributed by atoms with E-state index < -0.39 is 10.0 Å². The summed E-state index contributed by atoms with van der Waals surface area (Å²) in [6, 6.07) is 1.53. The molecule has 1 aromatic heterocycles. The monoisotopic (exact) mass is 305 g/mol. The highest BCUT2D eigenvalue weighted by Crippen LogP contribution is 2.48. The summed E-state index contributed by atoms with van der Waals surface area (Å²) in [5.74, 6) is 0. The molecule has 0 unspecified atom stereocenters. The molecule has 0 saturated heterocycles. The molecule has 1 fully saturated rings. The van der Waals surface area contributed by atoms with Crippen LogP contribution in [0.2, 0.25) is 0 Å². The lowest BCUT2D eigenvalue weighted by molar-refractivity contribution is 0.173. The van der Waals surface area contributed by atoms with Crippen molar-refractivity contribution in [3.8, 4) is 0 Å². The van der Waals surface area contributed by atoms with Gasteiger partial charge in [0.25, 0.3) is 0 Å². The molecule has 0 atom stereocenters. The SMILES string of the molecule is COCCC1(CNS(=O)(=O)c2ccsc2CO)CC1. The Hall–Kier alpha value is -0.470. The van der Waals surface area contributed by atoms with Crippen LogP contribution in [0.1, 0.15) is 24.1 Å². The minimum Gasteiger partial charge on any atom is -0.391 e. The van der Waals surface area contributed by atoms with Crippen LogP contribution in [0.5, 0.6) is 0 Å². The molecule has 7 heteroatoms. The van der Waals surface area contributed by atoms with Gasteiger partial charge in [-0.25, -0.2) is 13.1 Å². The van der Waals surface area contributed by atoms with E-state index in [0.717, 1.165) is 19.3 Å². The lowest BCUT2D eigenvalue weighted by Gasteiger charge is -2.15. The molecule has 108 valence electrons. The number of rotatable bonds is 8. The van der Waals surface area contributed by atoms with Gasteiger partial charge in [0, 0.05) is 25.1 Å². The molecule has 0 aliphatic heterocycles. The maximum atomic E-state index is 12.2. The van der Waals surface area contributed by atoms with Crippen LogP contribution in [0, 0.1) is 5.41 Å². The number of thiophene rings is 1. The van der Waals surface area contributed by atoms with Crippen LogP contribution in [0.15, 0.2) is 16.3 Å². The van der Waals surface area contributed by atoms with Crippen LogP contribution in [0.25, 0.3) is 0 Å². The Morgan fingerprint density at radius 3 is 2.84 bits per heavy atom. The van der Waals surface area contributed by atoms with Gasteiger partial charge in [0.1, 0.15) is 0 Å². The summed E-state index contributed by atoms with van der Waals surface area (Å²) >= 11 is 1.25. The summed E-state index contributed by atoms with van der Waals surface area (Å²) < 4.78 is 32.1. The van der Waals surface area contributed by atoms with Crippen molar-refractivity contribution in [2.75, 3.05) is 20.3 Å². The van der Waals surface area contributed by atoms with Gasteiger partial charge in [-0.2, -0.15) is 0 Å². The third-order valence-electron chi connectivity index (χ3n) is 3.57. The van der Waals surface area contributed by atoms with Crippen molar-refractivity contribution < 1.29 is 18.3 Å². The van der Waals surface area contributed by atoms with Crippen molar-refractivity contribution in [2.45, 2.75) is 30.8 Å². The number of aliphatic hydroxyl groups is 1. The number of hydrogen-bond acceptors (Lipinski definition) is 5. The Labute approximate surface area is 117 Å². The largest absolute Gasteiger partial charge is 0.391 e. The fourth-order valence-electron chi connectivity index (χ4n) is 2.02. The Bertz CT molecular complexity index is 520. The minimum atomic E-state index is -3.52. The average molecular weight is 305 g/mol. The lowest BCUT2D eigenvalue weighted by Crippen LogP contribution is -2.31. The first-order valence-electron chi connectivity index (χ1n) is 6.19. The molecule has 0 radical (unpaired) electrons. The van der Waals surface area contributed by atoms with Crippen molar-refractivity contribution in [2.24, 2.45) is 5.41 Å². The predicted octanol–water partition coefficient (Wildman–Crippen LogP) is 1.34.